The Morgan fingerprint density at radius 2 is 2.00 bits per heavy atom. The fourth-order valence-corrected chi connectivity index (χ4v) is 4.17. The summed E-state index contributed by atoms with van der Waals surface area (Å²) in [6.45, 7) is 1.46. The van der Waals surface area contributed by atoms with Crippen LogP contribution in [0.3, 0.4) is 0 Å². The normalized spacial score (nSPS) is 28.5. The molecule has 4 rings (SSSR count). The summed E-state index contributed by atoms with van der Waals surface area (Å²) >= 11 is 0. The van der Waals surface area contributed by atoms with Gasteiger partial charge in [0.15, 0.2) is 0 Å². The Kier molecular flexibility index (Phi) is 3.27. The number of piperazine rings is 1. The molecule has 0 unspecified atom stereocenters. The molecule has 2 fully saturated rings. The molecule has 2 heterocycles. The van der Waals surface area contributed by atoms with Crippen LogP contribution in [0.4, 0.5) is 0 Å². The summed E-state index contributed by atoms with van der Waals surface area (Å²) in [6, 6.07) is 8.17. The maximum absolute atomic E-state index is 12.9. The highest BCUT2D eigenvalue weighted by molar-refractivity contribution is 5.87. The standard InChI is InChI=1S/C19H24N2O2/c22-18-13-20(19(23)15-7-2-1-3-8-15)12-17-16-9-5-4-6-14(16)10-11-21(17)18/h4-6,9,15,17H,1-3,7-8,10-13H2/t17-/m1/s1/i1D2. The molecule has 4 nitrogen and oxygen atoms in total. The van der Waals surface area contributed by atoms with Gasteiger partial charge in [0.2, 0.25) is 11.8 Å². The first-order valence-corrected chi connectivity index (χ1v) is 8.61. The first-order chi connectivity index (χ1) is 11.9. The average molecular weight is 314 g/mol. The van der Waals surface area contributed by atoms with Crippen LogP contribution in [0.15, 0.2) is 24.3 Å². The number of hydrogen-bond acceptors (Lipinski definition) is 2. The van der Waals surface area contributed by atoms with Crippen LogP contribution in [0, 0.1) is 5.92 Å². The zero-order valence-electron chi connectivity index (χ0n) is 15.3. The Morgan fingerprint density at radius 3 is 2.83 bits per heavy atom. The van der Waals surface area contributed by atoms with Crippen molar-refractivity contribution in [1.82, 2.24) is 9.80 Å². The van der Waals surface area contributed by atoms with Crippen LogP contribution in [0.5, 0.6) is 0 Å². The zero-order chi connectivity index (χ0) is 17.6. The minimum Gasteiger partial charge on any atom is -0.332 e. The molecule has 0 aromatic heterocycles. The molecule has 1 saturated carbocycles. The van der Waals surface area contributed by atoms with Crippen LogP contribution in [-0.2, 0) is 16.0 Å². The second kappa shape index (κ2) is 5.99. The summed E-state index contributed by atoms with van der Waals surface area (Å²) < 4.78 is 15.6. The van der Waals surface area contributed by atoms with Gasteiger partial charge in [-0.2, -0.15) is 0 Å². The molecule has 23 heavy (non-hydrogen) atoms. The Balaban J connectivity index is 1.52. The number of rotatable bonds is 1. The van der Waals surface area contributed by atoms with E-state index in [1.165, 1.54) is 11.1 Å². The van der Waals surface area contributed by atoms with Crippen molar-refractivity contribution in [1.29, 1.82) is 0 Å². The number of hydrogen-bond donors (Lipinski definition) is 0. The van der Waals surface area contributed by atoms with E-state index in [9.17, 15) is 9.59 Å². The molecule has 1 aliphatic carbocycles. The third-order valence-corrected chi connectivity index (χ3v) is 5.45. The lowest BCUT2D eigenvalue weighted by Gasteiger charge is -2.45. The molecule has 2 aliphatic heterocycles. The highest BCUT2D eigenvalue weighted by Crippen LogP contribution is 2.34. The van der Waals surface area contributed by atoms with E-state index in [1.54, 1.807) is 4.90 Å². The molecule has 122 valence electrons. The first-order valence-electron chi connectivity index (χ1n) is 9.61. The first kappa shape index (κ1) is 12.6. The Bertz CT molecular complexity index is 696. The summed E-state index contributed by atoms with van der Waals surface area (Å²) in [5, 5.41) is 0. The zero-order valence-corrected chi connectivity index (χ0v) is 13.3. The average Bonchev–Trinajstić information content (AvgIpc) is 2.61. The molecule has 0 bridgehead atoms. The predicted molar refractivity (Wildman–Crippen MR) is 87.8 cm³/mol. The third-order valence-electron chi connectivity index (χ3n) is 5.45. The van der Waals surface area contributed by atoms with Gasteiger partial charge in [-0.15, -0.1) is 0 Å². The number of amides is 2. The number of carbonyl (C=O) groups excluding carboxylic acids is 2. The summed E-state index contributed by atoms with van der Waals surface area (Å²) in [5.74, 6) is -0.0705. The van der Waals surface area contributed by atoms with Gasteiger partial charge in [0.05, 0.1) is 12.6 Å². The van der Waals surface area contributed by atoms with E-state index < -0.39 is 6.37 Å². The van der Waals surface area contributed by atoms with Gasteiger partial charge in [0.25, 0.3) is 0 Å². The molecule has 0 N–H and O–H groups in total. The van der Waals surface area contributed by atoms with Gasteiger partial charge in [-0.3, -0.25) is 9.59 Å². The molecule has 1 aromatic rings. The lowest BCUT2D eigenvalue weighted by atomic mass is 9.87. The summed E-state index contributed by atoms with van der Waals surface area (Å²) in [5.41, 5.74) is 2.44. The number of carbonyl (C=O) groups is 2. The van der Waals surface area contributed by atoms with Crippen LogP contribution in [0.2, 0.25) is 0 Å². The molecule has 4 heteroatoms. The molecular weight excluding hydrogens is 288 g/mol. The second-order valence-corrected chi connectivity index (χ2v) is 6.79. The van der Waals surface area contributed by atoms with E-state index >= 15 is 0 Å². The molecule has 1 atom stereocenters. The molecule has 1 aromatic carbocycles. The van der Waals surface area contributed by atoms with Gasteiger partial charge < -0.3 is 9.80 Å². The predicted octanol–water partition coefficient (Wildman–Crippen LogP) is 2.53. The Labute approximate surface area is 140 Å². The lowest BCUT2D eigenvalue weighted by molar-refractivity contribution is -0.152. The molecular formula is C19H24N2O2. The number of benzene rings is 1. The molecule has 2 amide bonds. The Hall–Kier alpha value is -1.84. The SMILES string of the molecule is [2H]C1([2H])CCC(C(=O)N2CC(=O)N3CCc4ccccc4[C@H]3C2)CC1. The van der Waals surface area contributed by atoms with E-state index in [4.69, 9.17) is 2.74 Å². The Morgan fingerprint density at radius 1 is 1.22 bits per heavy atom. The van der Waals surface area contributed by atoms with E-state index in [0.717, 1.165) is 13.0 Å². The van der Waals surface area contributed by atoms with E-state index in [2.05, 4.69) is 12.1 Å². The largest absolute Gasteiger partial charge is 0.332 e. The highest BCUT2D eigenvalue weighted by Gasteiger charge is 2.39. The smallest absolute Gasteiger partial charge is 0.242 e. The van der Waals surface area contributed by atoms with Crippen molar-refractivity contribution in [2.75, 3.05) is 19.6 Å². The van der Waals surface area contributed by atoms with Gasteiger partial charge >= 0.3 is 0 Å². The third kappa shape index (κ3) is 2.64. The summed E-state index contributed by atoms with van der Waals surface area (Å²) in [7, 11) is 0. The van der Waals surface area contributed by atoms with Crippen molar-refractivity contribution in [3.8, 4) is 0 Å². The van der Waals surface area contributed by atoms with E-state index in [1.807, 2.05) is 17.0 Å². The molecule has 3 aliphatic rings. The van der Waals surface area contributed by atoms with Crippen molar-refractivity contribution in [3.05, 3.63) is 35.4 Å². The fraction of sp³-hybridized carbons (Fsp3) is 0.579. The fourth-order valence-electron chi connectivity index (χ4n) is 4.17. The maximum atomic E-state index is 12.9. The summed E-state index contributed by atoms with van der Waals surface area (Å²) in [4.78, 5) is 29.2. The molecule has 0 radical (unpaired) electrons. The van der Waals surface area contributed by atoms with Crippen LogP contribution >= 0.6 is 0 Å². The van der Waals surface area contributed by atoms with Gasteiger partial charge in [0, 0.05) is 21.7 Å². The van der Waals surface area contributed by atoms with Crippen LogP contribution in [0.1, 0.15) is 52.0 Å². The second-order valence-electron chi connectivity index (χ2n) is 6.79. The molecule has 0 spiro atoms. The number of fused-ring (bicyclic) bond motifs is 3. The van der Waals surface area contributed by atoms with Crippen molar-refractivity contribution in [3.63, 3.8) is 0 Å². The van der Waals surface area contributed by atoms with Crippen LogP contribution in [0.25, 0.3) is 0 Å². The van der Waals surface area contributed by atoms with E-state index in [-0.39, 0.29) is 30.3 Å². The van der Waals surface area contributed by atoms with Gasteiger partial charge in [0.1, 0.15) is 0 Å². The maximum Gasteiger partial charge on any atom is 0.242 e. The van der Waals surface area contributed by atoms with Crippen molar-refractivity contribution < 1.29 is 12.3 Å². The van der Waals surface area contributed by atoms with Crippen LogP contribution in [-0.4, -0.2) is 41.2 Å². The topological polar surface area (TPSA) is 40.6 Å². The van der Waals surface area contributed by atoms with Crippen molar-refractivity contribution in [2.24, 2.45) is 5.92 Å². The quantitative estimate of drug-likeness (QED) is 0.799. The van der Waals surface area contributed by atoms with Gasteiger partial charge in [-0.1, -0.05) is 43.5 Å². The van der Waals surface area contributed by atoms with Crippen molar-refractivity contribution >= 4 is 11.8 Å². The van der Waals surface area contributed by atoms with Crippen LogP contribution < -0.4 is 0 Å². The van der Waals surface area contributed by atoms with E-state index in [0.29, 0.717) is 32.2 Å². The molecule has 1 saturated heterocycles. The number of nitrogens with zero attached hydrogens (tertiary/aromatic N) is 2. The minimum absolute atomic E-state index is 0.0326. The minimum atomic E-state index is -1.15. The lowest BCUT2D eigenvalue weighted by Crippen LogP contribution is -2.56. The van der Waals surface area contributed by atoms with Gasteiger partial charge in [-0.05, 0) is 30.4 Å². The van der Waals surface area contributed by atoms with Crippen molar-refractivity contribution in [2.45, 2.75) is 44.5 Å². The summed E-state index contributed by atoms with van der Waals surface area (Å²) in [6.07, 6.45) is 1.77. The highest BCUT2D eigenvalue weighted by atomic mass is 16.2. The monoisotopic (exact) mass is 314 g/mol. The van der Waals surface area contributed by atoms with Gasteiger partial charge in [-0.25, -0.2) is 0 Å².